The van der Waals surface area contributed by atoms with Crippen LogP contribution in [-0.4, -0.2) is 25.6 Å². The molecule has 1 N–H and O–H groups in total. The van der Waals surface area contributed by atoms with Crippen molar-refractivity contribution in [3.05, 3.63) is 92.4 Å². The molecule has 0 radical (unpaired) electrons. The zero-order chi connectivity index (χ0) is 22.4. The Morgan fingerprint density at radius 3 is 2.39 bits per heavy atom. The molecule has 31 heavy (non-hydrogen) atoms. The Labute approximate surface area is 194 Å². The van der Waals surface area contributed by atoms with E-state index in [2.05, 4.69) is 5.32 Å². The second-order valence-electron chi connectivity index (χ2n) is 6.51. The molecule has 3 aromatic rings. The maximum Gasteiger partial charge on any atom is 0.340 e. The van der Waals surface area contributed by atoms with Gasteiger partial charge >= 0.3 is 5.97 Å². The van der Waals surface area contributed by atoms with Gasteiger partial charge in [0.05, 0.1) is 35.6 Å². The standard InChI is InChI=1S/C23H18Cl3NO4/c1-30-23(29)19-13-17(31-10-9-14-3-2-4-15(24)11-14)6-8-21(19)27-22(28)18-7-5-16(25)12-20(18)26/h2-8,11-13H,9-10H2,1H3,(H,27,28). The van der Waals surface area contributed by atoms with E-state index in [1.165, 1.54) is 25.3 Å². The monoisotopic (exact) mass is 477 g/mol. The summed E-state index contributed by atoms with van der Waals surface area (Å²) in [5.41, 5.74) is 1.68. The number of hydrogen-bond donors (Lipinski definition) is 1. The normalized spacial score (nSPS) is 10.5. The molecule has 0 aliphatic carbocycles. The Kier molecular flexibility index (Phi) is 7.80. The largest absolute Gasteiger partial charge is 0.493 e. The lowest BCUT2D eigenvalue weighted by molar-refractivity contribution is 0.0601. The van der Waals surface area contributed by atoms with Gasteiger partial charge < -0.3 is 14.8 Å². The summed E-state index contributed by atoms with van der Waals surface area (Å²) in [4.78, 5) is 24.9. The number of methoxy groups -OCH3 is 1. The third kappa shape index (κ3) is 6.14. The van der Waals surface area contributed by atoms with Crippen LogP contribution in [0, 0.1) is 0 Å². The van der Waals surface area contributed by atoms with E-state index >= 15 is 0 Å². The maximum absolute atomic E-state index is 12.6. The fourth-order valence-electron chi connectivity index (χ4n) is 2.84. The predicted molar refractivity (Wildman–Crippen MR) is 123 cm³/mol. The molecule has 3 rings (SSSR count). The first-order valence-electron chi connectivity index (χ1n) is 9.23. The zero-order valence-electron chi connectivity index (χ0n) is 16.5. The number of ether oxygens (including phenoxy) is 2. The van der Waals surface area contributed by atoms with Gasteiger partial charge in [0.2, 0.25) is 0 Å². The average Bonchev–Trinajstić information content (AvgIpc) is 2.74. The van der Waals surface area contributed by atoms with Crippen LogP contribution < -0.4 is 10.1 Å². The van der Waals surface area contributed by atoms with Gasteiger partial charge in [-0.1, -0.05) is 46.9 Å². The van der Waals surface area contributed by atoms with Crippen LogP contribution in [0.3, 0.4) is 0 Å². The molecular weight excluding hydrogens is 461 g/mol. The van der Waals surface area contributed by atoms with Crippen LogP contribution in [0.4, 0.5) is 5.69 Å². The zero-order valence-corrected chi connectivity index (χ0v) is 18.7. The Bertz CT molecular complexity index is 1120. The van der Waals surface area contributed by atoms with Gasteiger partial charge in [0.15, 0.2) is 0 Å². The summed E-state index contributed by atoms with van der Waals surface area (Å²) in [6.07, 6.45) is 0.641. The molecule has 160 valence electrons. The first kappa shape index (κ1) is 22.9. The van der Waals surface area contributed by atoms with E-state index in [4.69, 9.17) is 44.3 Å². The number of nitrogens with one attached hydrogen (secondary N) is 1. The van der Waals surface area contributed by atoms with Gasteiger partial charge in [-0.3, -0.25) is 4.79 Å². The highest BCUT2D eigenvalue weighted by atomic mass is 35.5. The molecule has 5 nitrogen and oxygen atoms in total. The summed E-state index contributed by atoms with van der Waals surface area (Å²) in [5.74, 6) is -0.635. The summed E-state index contributed by atoms with van der Waals surface area (Å²) in [7, 11) is 1.26. The minimum Gasteiger partial charge on any atom is -0.493 e. The Hall–Kier alpha value is -2.73. The summed E-state index contributed by atoms with van der Waals surface area (Å²) in [5, 5.41) is 3.95. The molecule has 0 saturated heterocycles. The lowest BCUT2D eigenvalue weighted by atomic mass is 10.1. The van der Waals surface area contributed by atoms with Crippen LogP contribution in [-0.2, 0) is 11.2 Å². The summed E-state index contributed by atoms with van der Waals surface area (Å²) in [6.45, 7) is 0.382. The Morgan fingerprint density at radius 2 is 1.68 bits per heavy atom. The Morgan fingerprint density at radius 1 is 0.903 bits per heavy atom. The second kappa shape index (κ2) is 10.5. The van der Waals surface area contributed by atoms with Gasteiger partial charge in [-0.25, -0.2) is 4.79 Å². The topological polar surface area (TPSA) is 64.6 Å². The van der Waals surface area contributed by atoms with Crippen molar-refractivity contribution in [1.82, 2.24) is 0 Å². The van der Waals surface area contributed by atoms with Gasteiger partial charge in [-0.15, -0.1) is 0 Å². The van der Waals surface area contributed by atoms with E-state index in [9.17, 15) is 9.59 Å². The highest BCUT2D eigenvalue weighted by Crippen LogP contribution is 2.26. The number of halogens is 3. The summed E-state index contributed by atoms with van der Waals surface area (Å²) < 4.78 is 10.6. The first-order chi connectivity index (χ1) is 14.9. The molecular formula is C23H18Cl3NO4. The van der Waals surface area contributed by atoms with Crippen LogP contribution in [0.25, 0.3) is 0 Å². The van der Waals surface area contributed by atoms with Crippen molar-refractivity contribution in [3.63, 3.8) is 0 Å². The lowest BCUT2D eigenvalue weighted by Crippen LogP contribution is -2.16. The van der Waals surface area contributed by atoms with E-state index in [0.717, 1.165) is 5.56 Å². The van der Waals surface area contributed by atoms with Crippen LogP contribution in [0.2, 0.25) is 15.1 Å². The third-order valence-corrected chi connectivity index (χ3v) is 5.15. The highest BCUT2D eigenvalue weighted by molar-refractivity contribution is 6.37. The van der Waals surface area contributed by atoms with Gasteiger partial charge in [-0.2, -0.15) is 0 Å². The molecule has 0 heterocycles. The minimum atomic E-state index is -0.613. The van der Waals surface area contributed by atoms with Gasteiger partial charge in [0.25, 0.3) is 5.91 Å². The van der Waals surface area contributed by atoms with Crippen LogP contribution in [0.1, 0.15) is 26.3 Å². The molecule has 0 aliphatic rings. The van der Waals surface area contributed by atoms with E-state index in [1.807, 2.05) is 18.2 Å². The van der Waals surface area contributed by atoms with Gasteiger partial charge in [-0.05, 0) is 54.1 Å². The second-order valence-corrected chi connectivity index (χ2v) is 7.79. The summed E-state index contributed by atoms with van der Waals surface area (Å²) in [6, 6.07) is 16.8. The number of carbonyl (C=O) groups excluding carboxylic acids is 2. The van der Waals surface area contributed by atoms with Gasteiger partial charge in [0, 0.05) is 16.5 Å². The number of hydrogen-bond acceptors (Lipinski definition) is 4. The molecule has 0 atom stereocenters. The maximum atomic E-state index is 12.6. The lowest BCUT2D eigenvalue weighted by Gasteiger charge is -2.13. The molecule has 0 spiro atoms. The molecule has 1 amide bonds. The number of carbonyl (C=O) groups is 2. The van der Waals surface area contributed by atoms with Crippen LogP contribution >= 0.6 is 34.8 Å². The van der Waals surface area contributed by atoms with E-state index in [-0.39, 0.29) is 21.8 Å². The van der Waals surface area contributed by atoms with Crippen LogP contribution in [0.5, 0.6) is 5.75 Å². The SMILES string of the molecule is COC(=O)c1cc(OCCc2cccc(Cl)c2)ccc1NC(=O)c1ccc(Cl)cc1Cl. The number of esters is 1. The Balaban J connectivity index is 1.75. The third-order valence-electron chi connectivity index (χ3n) is 4.37. The van der Waals surface area contributed by atoms with E-state index in [1.54, 1.807) is 24.3 Å². The molecule has 0 bridgehead atoms. The van der Waals surface area contributed by atoms with Crippen molar-refractivity contribution in [2.75, 3.05) is 19.0 Å². The molecule has 3 aromatic carbocycles. The van der Waals surface area contributed by atoms with Crippen molar-refractivity contribution >= 4 is 52.4 Å². The van der Waals surface area contributed by atoms with Crippen molar-refractivity contribution in [3.8, 4) is 5.75 Å². The number of rotatable bonds is 7. The first-order valence-corrected chi connectivity index (χ1v) is 10.4. The minimum absolute atomic E-state index is 0.154. The molecule has 0 fully saturated rings. The number of anilines is 1. The average molecular weight is 479 g/mol. The molecule has 0 aliphatic heterocycles. The quantitative estimate of drug-likeness (QED) is 0.404. The predicted octanol–water partition coefficient (Wildman–Crippen LogP) is 6.31. The highest BCUT2D eigenvalue weighted by Gasteiger charge is 2.18. The fourth-order valence-corrected chi connectivity index (χ4v) is 3.55. The van der Waals surface area contributed by atoms with E-state index in [0.29, 0.717) is 28.8 Å². The molecule has 0 aromatic heterocycles. The fraction of sp³-hybridized carbons (Fsp3) is 0.130. The van der Waals surface area contributed by atoms with Crippen LogP contribution in [0.15, 0.2) is 60.7 Å². The van der Waals surface area contributed by atoms with E-state index < -0.39 is 11.9 Å². The molecule has 8 heteroatoms. The molecule has 0 unspecified atom stereocenters. The smallest absolute Gasteiger partial charge is 0.340 e. The summed E-state index contributed by atoms with van der Waals surface area (Å²) >= 11 is 18.0. The molecule has 0 saturated carbocycles. The van der Waals surface area contributed by atoms with Crippen molar-refractivity contribution in [2.24, 2.45) is 0 Å². The number of benzene rings is 3. The van der Waals surface area contributed by atoms with Crippen molar-refractivity contribution in [1.29, 1.82) is 0 Å². The van der Waals surface area contributed by atoms with Crippen molar-refractivity contribution < 1.29 is 19.1 Å². The van der Waals surface area contributed by atoms with Crippen molar-refractivity contribution in [2.45, 2.75) is 6.42 Å². The number of amides is 1. The van der Waals surface area contributed by atoms with Gasteiger partial charge in [0.1, 0.15) is 5.75 Å².